The topological polar surface area (TPSA) is 59.2 Å². The monoisotopic (exact) mass is 220 g/mol. The highest BCUT2D eigenvalue weighted by Gasteiger charge is 2.04. The zero-order valence-electron chi connectivity index (χ0n) is 8.30. The largest absolute Gasteiger partial charge is 0.423 e. The molecule has 0 saturated heterocycles. The predicted octanol–water partition coefficient (Wildman–Crippen LogP) is 2.04. The van der Waals surface area contributed by atoms with Gasteiger partial charge in [-0.05, 0) is 18.2 Å². The summed E-state index contributed by atoms with van der Waals surface area (Å²) in [5, 5.41) is 15.8. The molecule has 0 spiro atoms. The number of benzene rings is 1. The Kier molecular flexibility index (Phi) is 3.07. The van der Waals surface area contributed by atoms with Crippen LogP contribution in [-0.4, -0.2) is 21.9 Å². The highest BCUT2D eigenvalue weighted by molar-refractivity contribution is 5.63. The Morgan fingerprint density at radius 1 is 1.38 bits per heavy atom. The fourth-order valence-corrected chi connectivity index (χ4v) is 1.27. The van der Waals surface area contributed by atoms with Crippen molar-refractivity contribution in [1.82, 2.24) is 10.2 Å². The van der Waals surface area contributed by atoms with Gasteiger partial charge in [-0.1, -0.05) is 12.1 Å². The first-order valence-corrected chi connectivity index (χ1v) is 4.65. The first kappa shape index (κ1) is 10.5. The molecule has 1 aromatic heterocycles. The Morgan fingerprint density at radius 3 is 2.69 bits per heavy atom. The molecule has 2 aromatic rings. The number of nitrogens with zero attached hydrogens (tertiary/aromatic N) is 2. The number of hydrogen-bond acceptors (Lipinski definition) is 4. The molecule has 0 amide bonds. The Hall–Kier alpha value is -2.01. The maximum atomic E-state index is 13.3. The first-order chi connectivity index (χ1) is 7.81. The summed E-state index contributed by atoms with van der Waals surface area (Å²) in [5.41, 5.74) is 1.12. The van der Waals surface area contributed by atoms with E-state index in [2.05, 4.69) is 10.2 Å². The fourth-order valence-electron chi connectivity index (χ4n) is 1.27. The maximum Gasteiger partial charge on any atom is 0.247 e. The summed E-state index contributed by atoms with van der Waals surface area (Å²) in [4.78, 5) is 0. The van der Waals surface area contributed by atoms with Gasteiger partial charge < -0.3 is 9.52 Å². The number of aliphatic hydroxyl groups excluding tert-OH is 1. The van der Waals surface area contributed by atoms with Crippen LogP contribution in [0.4, 0.5) is 4.39 Å². The molecule has 0 saturated carbocycles. The molecule has 4 nitrogen and oxygen atoms in total. The third-order valence-corrected chi connectivity index (χ3v) is 2.04. The Morgan fingerprint density at radius 2 is 2.12 bits per heavy atom. The normalized spacial score (nSPS) is 11.8. The van der Waals surface area contributed by atoms with Gasteiger partial charge in [0, 0.05) is 11.1 Å². The van der Waals surface area contributed by atoms with Crippen LogP contribution in [0.25, 0.3) is 17.3 Å². The van der Waals surface area contributed by atoms with Crippen molar-refractivity contribution in [2.75, 3.05) is 6.61 Å². The van der Waals surface area contributed by atoms with E-state index >= 15 is 0 Å². The van der Waals surface area contributed by atoms with Gasteiger partial charge in [0.25, 0.3) is 0 Å². The zero-order valence-corrected chi connectivity index (χ0v) is 8.30. The minimum absolute atomic E-state index is 0.322. The molecule has 0 aliphatic heterocycles. The molecule has 0 atom stereocenters. The van der Waals surface area contributed by atoms with Crippen LogP contribution < -0.4 is 0 Å². The van der Waals surface area contributed by atoms with Gasteiger partial charge in [0.2, 0.25) is 12.3 Å². The number of hydrogen-bond donors (Lipinski definition) is 1. The van der Waals surface area contributed by atoms with E-state index in [1.807, 2.05) is 0 Å². The molecule has 82 valence electrons. The maximum absolute atomic E-state index is 13.3. The van der Waals surface area contributed by atoms with Gasteiger partial charge in [0.15, 0.2) is 0 Å². The molecular weight excluding hydrogens is 211 g/mol. The summed E-state index contributed by atoms with van der Waals surface area (Å²) in [6.45, 7) is -0.322. The lowest BCUT2D eigenvalue weighted by molar-refractivity contribution is 0.342. The van der Waals surface area contributed by atoms with Gasteiger partial charge in [0.05, 0.1) is 6.61 Å². The van der Waals surface area contributed by atoms with Crippen LogP contribution in [0.5, 0.6) is 0 Å². The molecule has 0 aliphatic carbocycles. The van der Waals surface area contributed by atoms with E-state index in [1.165, 1.54) is 6.39 Å². The van der Waals surface area contributed by atoms with E-state index in [4.69, 9.17) is 9.52 Å². The molecule has 2 rings (SSSR count). The lowest BCUT2D eigenvalue weighted by Gasteiger charge is -1.98. The van der Waals surface area contributed by atoms with Crippen LogP contribution >= 0.6 is 0 Å². The Labute approximate surface area is 91.1 Å². The Balaban J connectivity index is 2.26. The quantitative estimate of drug-likeness (QED) is 0.859. The molecule has 1 heterocycles. The van der Waals surface area contributed by atoms with E-state index in [0.717, 1.165) is 11.6 Å². The van der Waals surface area contributed by atoms with Crippen LogP contribution in [0.15, 0.2) is 41.2 Å². The lowest BCUT2D eigenvalue weighted by atomic mass is 10.1. The third-order valence-electron chi connectivity index (χ3n) is 2.04. The van der Waals surface area contributed by atoms with Gasteiger partial charge >= 0.3 is 0 Å². The molecule has 0 radical (unpaired) electrons. The van der Waals surface area contributed by atoms with Crippen LogP contribution in [0.3, 0.4) is 0 Å². The van der Waals surface area contributed by atoms with Gasteiger partial charge in [-0.25, -0.2) is 4.39 Å². The average Bonchev–Trinajstić information content (AvgIpc) is 2.83. The van der Waals surface area contributed by atoms with Crippen LogP contribution in [0, 0.1) is 0 Å². The fraction of sp³-hybridized carbons (Fsp3) is 0.0909. The van der Waals surface area contributed by atoms with E-state index in [1.54, 1.807) is 24.3 Å². The number of rotatable bonds is 3. The van der Waals surface area contributed by atoms with E-state index in [-0.39, 0.29) is 6.61 Å². The number of aromatic nitrogens is 2. The Bertz CT molecular complexity index is 477. The summed E-state index contributed by atoms with van der Waals surface area (Å²) < 4.78 is 18.3. The molecule has 0 unspecified atom stereocenters. The van der Waals surface area contributed by atoms with Crippen molar-refractivity contribution in [1.29, 1.82) is 0 Å². The molecular formula is C11H9FN2O2. The molecule has 1 N–H and O–H groups in total. The van der Waals surface area contributed by atoms with Gasteiger partial charge in [-0.15, -0.1) is 10.2 Å². The minimum Gasteiger partial charge on any atom is -0.423 e. The SMILES string of the molecule is OC/C=C(\F)c1ccc(-c2nnco2)cc1. The second-order valence-corrected chi connectivity index (χ2v) is 3.06. The summed E-state index contributed by atoms with van der Waals surface area (Å²) >= 11 is 0. The summed E-state index contributed by atoms with van der Waals surface area (Å²) in [7, 11) is 0. The van der Waals surface area contributed by atoms with Crippen molar-refractivity contribution in [2.24, 2.45) is 0 Å². The van der Waals surface area contributed by atoms with Crippen molar-refractivity contribution < 1.29 is 13.9 Å². The molecule has 0 aliphatic rings. The first-order valence-electron chi connectivity index (χ1n) is 4.65. The zero-order chi connectivity index (χ0) is 11.4. The smallest absolute Gasteiger partial charge is 0.247 e. The second-order valence-electron chi connectivity index (χ2n) is 3.06. The third kappa shape index (κ3) is 2.14. The van der Waals surface area contributed by atoms with E-state index in [9.17, 15) is 4.39 Å². The summed E-state index contributed by atoms with van der Waals surface area (Å²) in [5.74, 6) is -0.0716. The minimum atomic E-state index is -0.459. The van der Waals surface area contributed by atoms with Gasteiger partial charge in [0.1, 0.15) is 5.83 Å². The molecule has 0 fully saturated rings. The molecule has 16 heavy (non-hydrogen) atoms. The predicted molar refractivity (Wildman–Crippen MR) is 55.9 cm³/mol. The van der Waals surface area contributed by atoms with Crippen LogP contribution in [0.1, 0.15) is 5.56 Å². The van der Waals surface area contributed by atoms with Crippen molar-refractivity contribution >= 4 is 5.83 Å². The van der Waals surface area contributed by atoms with Crippen molar-refractivity contribution in [3.05, 3.63) is 42.3 Å². The van der Waals surface area contributed by atoms with Crippen LogP contribution in [-0.2, 0) is 0 Å². The average molecular weight is 220 g/mol. The summed E-state index contributed by atoms with van der Waals surface area (Å²) in [6, 6.07) is 6.52. The van der Waals surface area contributed by atoms with E-state index in [0.29, 0.717) is 11.5 Å². The van der Waals surface area contributed by atoms with Crippen LogP contribution in [0.2, 0.25) is 0 Å². The summed E-state index contributed by atoms with van der Waals surface area (Å²) in [6.07, 6.45) is 2.33. The molecule has 1 aromatic carbocycles. The number of halogens is 1. The highest BCUT2D eigenvalue weighted by Crippen LogP contribution is 2.21. The standard InChI is InChI=1S/C11H9FN2O2/c12-10(5-6-15)8-1-3-9(4-2-8)11-14-13-7-16-11/h1-5,7,15H,6H2/b10-5-. The van der Waals surface area contributed by atoms with Crippen molar-refractivity contribution in [3.63, 3.8) is 0 Å². The molecule has 0 bridgehead atoms. The van der Waals surface area contributed by atoms with Gasteiger partial charge in [-0.2, -0.15) is 0 Å². The molecule has 5 heteroatoms. The lowest BCUT2D eigenvalue weighted by Crippen LogP contribution is -1.83. The second kappa shape index (κ2) is 4.67. The van der Waals surface area contributed by atoms with Gasteiger partial charge in [-0.3, -0.25) is 0 Å². The van der Waals surface area contributed by atoms with E-state index < -0.39 is 5.83 Å². The number of aliphatic hydroxyl groups is 1. The van der Waals surface area contributed by atoms with Crippen molar-refractivity contribution in [2.45, 2.75) is 0 Å². The van der Waals surface area contributed by atoms with Crippen molar-refractivity contribution in [3.8, 4) is 11.5 Å². The highest BCUT2D eigenvalue weighted by atomic mass is 19.1.